The van der Waals surface area contributed by atoms with Crippen molar-refractivity contribution >= 4 is 34.5 Å². The first kappa shape index (κ1) is 22.7. The summed E-state index contributed by atoms with van der Waals surface area (Å²) in [7, 11) is 0. The Balaban J connectivity index is 1.43. The average Bonchev–Trinajstić information content (AvgIpc) is 3.35. The highest BCUT2D eigenvalue weighted by Gasteiger charge is 2.33. The summed E-state index contributed by atoms with van der Waals surface area (Å²) in [5.41, 5.74) is 5.69. The van der Waals surface area contributed by atoms with E-state index in [1.165, 1.54) is 16.2 Å². The number of fused-ring (bicyclic) bond motifs is 1. The Hall–Kier alpha value is -4.04. The van der Waals surface area contributed by atoms with Crippen LogP contribution >= 0.6 is 11.3 Å². The summed E-state index contributed by atoms with van der Waals surface area (Å²) < 4.78 is 5.82. The van der Waals surface area contributed by atoms with Crippen LogP contribution in [0.15, 0.2) is 66.2 Å². The fraction of sp³-hybridized carbons (Fsp3) is 0.185. The molecule has 5 rings (SSSR count). The van der Waals surface area contributed by atoms with E-state index in [-0.39, 0.29) is 18.4 Å². The summed E-state index contributed by atoms with van der Waals surface area (Å²) in [5.74, 6) is 0.0161. The van der Waals surface area contributed by atoms with E-state index in [2.05, 4.69) is 10.3 Å². The predicted molar refractivity (Wildman–Crippen MR) is 138 cm³/mol. The SMILES string of the molecule is Cc1ccc(C)c(NC(=O)CN2C(=O)C(C)Oc3ccc(-c4csc(-c5ccccn5)n4)cc32)c1. The first-order valence-corrected chi connectivity index (χ1v) is 12.1. The molecule has 1 aliphatic heterocycles. The van der Waals surface area contributed by atoms with E-state index in [0.717, 1.165) is 38.8 Å². The second kappa shape index (κ2) is 9.31. The van der Waals surface area contributed by atoms with Crippen LogP contribution in [0.5, 0.6) is 5.75 Å². The lowest BCUT2D eigenvalue weighted by Gasteiger charge is -2.33. The zero-order valence-electron chi connectivity index (χ0n) is 19.6. The minimum atomic E-state index is -0.683. The molecule has 3 heterocycles. The molecule has 1 unspecified atom stereocenters. The number of pyridine rings is 1. The molecular weight excluding hydrogens is 460 g/mol. The van der Waals surface area contributed by atoms with E-state index in [1.807, 2.05) is 73.8 Å². The number of carbonyl (C=O) groups is 2. The van der Waals surface area contributed by atoms with Crippen LogP contribution in [0.3, 0.4) is 0 Å². The summed E-state index contributed by atoms with van der Waals surface area (Å²) in [6.45, 7) is 5.48. The van der Waals surface area contributed by atoms with Gasteiger partial charge in [0.2, 0.25) is 5.91 Å². The quantitative estimate of drug-likeness (QED) is 0.419. The van der Waals surface area contributed by atoms with Gasteiger partial charge in [0, 0.05) is 22.8 Å². The number of nitrogens with zero attached hydrogens (tertiary/aromatic N) is 3. The number of hydrogen-bond donors (Lipinski definition) is 1. The minimum Gasteiger partial charge on any atom is -0.479 e. The number of benzene rings is 2. The Labute approximate surface area is 207 Å². The Morgan fingerprint density at radius 3 is 2.77 bits per heavy atom. The van der Waals surface area contributed by atoms with Gasteiger partial charge in [-0.05, 0) is 68.3 Å². The summed E-state index contributed by atoms with van der Waals surface area (Å²) in [4.78, 5) is 36.6. The molecule has 0 saturated heterocycles. The maximum Gasteiger partial charge on any atom is 0.268 e. The number of hydrogen-bond acceptors (Lipinski definition) is 6. The predicted octanol–water partition coefficient (Wildman–Crippen LogP) is 5.24. The van der Waals surface area contributed by atoms with E-state index < -0.39 is 6.10 Å². The third-order valence-electron chi connectivity index (χ3n) is 5.82. The Bertz CT molecular complexity index is 1420. The van der Waals surface area contributed by atoms with Crippen LogP contribution in [0.25, 0.3) is 22.0 Å². The molecule has 4 aromatic rings. The topological polar surface area (TPSA) is 84.4 Å². The fourth-order valence-corrected chi connectivity index (χ4v) is 4.75. The molecule has 8 heteroatoms. The molecule has 0 aliphatic carbocycles. The van der Waals surface area contributed by atoms with Gasteiger partial charge in [0.15, 0.2) is 6.10 Å². The third kappa shape index (κ3) is 4.65. The molecule has 0 saturated carbocycles. The number of anilines is 2. The number of ether oxygens (including phenoxy) is 1. The standard InChI is InChI=1S/C27H24N4O3S/c1-16-7-8-17(2)21(12-16)29-25(32)14-31-23-13-19(9-10-24(23)34-18(3)27(31)33)22-15-35-26(30-22)20-6-4-5-11-28-20/h4-13,15,18H,14H2,1-3H3,(H,29,32). The van der Waals surface area contributed by atoms with Crippen molar-refractivity contribution < 1.29 is 14.3 Å². The van der Waals surface area contributed by atoms with Crippen LogP contribution in [-0.2, 0) is 9.59 Å². The lowest BCUT2D eigenvalue weighted by molar-refractivity contribution is -0.127. The molecule has 2 amide bonds. The summed E-state index contributed by atoms with van der Waals surface area (Å²) in [6, 6.07) is 17.2. The van der Waals surface area contributed by atoms with E-state index in [4.69, 9.17) is 9.72 Å². The van der Waals surface area contributed by atoms with E-state index in [0.29, 0.717) is 11.4 Å². The number of aromatic nitrogens is 2. The van der Waals surface area contributed by atoms with Crippen LogP contribution in [0.2, 0.25) is 0 Å². The Kier molecular flexibility index (Phi) is 6.05. The molecule has 1 N–H and O–H groups in total. The van der Waals surface area contributed by atoms with Crippen molar-refractivity contribution in [2.75, 3.05) is 16.8 Å². The highest BCUT2D eigenvalue weighted by molar-refractivity contribution is 7.13. The van der Waals surface area contributed by atoms with Crippen molar-refractivity contribution in [1.82, 2.24) is 9.97 Å². The van der Waals surface area contributed by atoms with Gasteiger partial charge in [0.25, 0.3) is 5.91 Å². The molecule has 176 valence electrons. The zero-order chi connectivity index (χ0) is 24.5. The van der Waals surface area contributed by atoms with Crippen LogP contribution in [0.4, 0.5) is 11.4 Å². The maximum atomic E-state index is 13.0. The summed E-state index contributed by atoms with van der Waals surface area (Å²) >= 11 is 1.50. The number of carbonyl (C=O) groups excluding carboxylic acids is 2. The van der Waals surface area contributed by atoms with Gasteiger partial charge in [-0.2, -0.15) is 0 Å². The third-order valence-corrected chi connectivity index (χ3v) is 6.68. The van der Waals surface area contributed by atoms with E-state index in [9.17, 15) is 9.59 Å². The molecule has 7 nitrogen and oxygen atoms in total. The van der Waals surface area contributed by atoms with Gasteiger partial charge in [-0.15, -0.1) is 11.3 Å². The number of rotatable bonds is 5. The van der Waals surface area contributed by atoms with Crippen LogP contribution in [0, 0.1) is 13.8 Å². The second-order valence-electron chi connectivity index (χ2n) is 8.49. The first-order valence-electron chi connectivity index (χ1n) is 11.3. The molecule has 1 aliphatic rings. The smallest absolute Gasteiger partial charge is 0.268 e. The molecule has 0 spiro atoms. The molecule has 0 bridgehead atoms. The van der Waals surface area contributed by atoms with Gasteiger partial charge < -0.3 is 10.1 Å². The van der Waals surface area contributed by atoms with Crippen LogP contribution in [-0.4, -0.2) is 34.4 Å². The molecule has 2 aromatic heterocycles. The average molecular weight is 485 g/mol. The maximum absolute atomic E-state index is 13.0. The van der Waals surface area contributed by atoms with Crippen molar-refractivity contribution in [3.05, 3.63) is 77.3 Å². The van der Waals surface area contributed by atoms with Gasteiger partial charge in [-0.25, -0.2) is 4.98 Å². The highest BCUT2D eigenvalue weighted by Crippen LogP contribution is 2.38. The van der Waals surface area contributed by atoms with Crippen LogP contribution in [0.1, 0.15) is 18.1 Å². The van der Waals surface area contributed by atoms with E-state index >= 15 is 0 Å². The van der Waals surface area contributed by atoms with Crippen molar-refractivity contribution in [3.63, 3.8) is 0 Å². The zero-order valence-corrected chi connectivity index (χ0v) is 20.4. The number of amides is 2. The largest absolute Gasteiger partial charge is 0.479 e. The van der Waals surface area contributed by atoms with Crippen LogP contribution < -0.4 is 15.0 Å². The first-order chi connectivity index (χ1) is 16.9. The van der Waals surface area contributed by atoms with Crippen molar-refractivity contribution in [2.24, 2.45) is 0 Å². The minimum absolute atomic E-state index is 0.118. The summed E-state index contributed by atoms with van der Waals surface area (Å²) in [5, 5.41) is 5.71. The lowest BCUT2D eigenvalue weighted by atomic mass is 10.1. The van der Waals surface area contributed by atoms with Crippen molar-refractivity contribution in [3.8, 4) is 27.7 Å². The molecular formula is C27H24N4O3S. The summed E-state index contributed by atoms with van der Waals surface area (Å²) in [6.07, 6.45) is 1.05. The number of aryl methyl sites for hydroxylation is 2. The van der Waals surface area contributed by atoms with Gasteiger partial charge >= 0.3 is 0 Å². The molecule has 1 atom stereocenters. The number of nitrogens with one attached hydrogen (secondary N) is 1. The molecule has 0 fully saturated rings. The second-order valence-corrected chi connectivity index (χ2v) is 9.34. The molecule has 0 radical (unpaired) electrons. The van der Waals surface area contributed by atoms with Gasteiger partial charge in [-0.3, -0.25) is 19.5 Å². The van der Waals surface area contributed by atoms with Crippen molar-refractivity contribution in [1.29, 1.82) is 0 Å². The number of thiazole rings is 1. The van der Waals surface area contributed by atoms with Gasteiger partial charge in [0.05, 0.1) is 17.1 Å². The van der Waals surface area contributed by atoms with Gasteiger partial charge in [-0.1, -0.05) is 18.2 Å². The van der Waals surface area contributed by atoms with Gasteiger partial charge in [0.1, 0.15) is 17.3 Å². The van der Waals surface area contributed by atoms with E-state index in [1.54, 1.807) is 13.1 Å². The normalized spacial score (nSPS) is 14.9. The molecule has 2 aromatic carbocycles. The monoisotopic (exact) mass is 484 g/mol. The Morgan fingerprint density at radius 1 is 1.11 bits per heavy atom. The van der Waals surface area contributed by atoms with Crippen molar-refractivity contribution in [2.45, 2.75) is 26.9 Å². The molecule has 35 heavy (non-hydrogen) atoms. The fourth-order valence-electron chi connectivity index (χ4n) is 3.95. The highest BCUT2D eigenvalue weighted by atomic mass is 32.1. The Morgan fingerprint density at radius 2 is 1.97 bits per heavy atom. The lowest BCUT2D eigenvalue weighted by Crippen LogP contribution is -2.47.